The van der Waals surface area contributed by atoms with Gasteiger partial charge in [0, 0.05) is 0 Å². The van der Waals surface area contributed by atoms with Gasteiger partial charge in [0.15, 0.2) is 0 Å². The van der Waals surface area contributed by atoms with Gasteiger partial charge in [-0.05, 0) is 58.9 Å². The lowest BCUT2D eigenvalue weighted by Gasteiger charge is -2.13. The zero-order valence-corrected chi connectivity index (χ0v) is 24.9. The molecule has 0 aromatic heterocycles. The Morgan fingerprint density at radius 1 is 0.292 bits per heavy atom. The summed E-state index contributed by atoms with van der Waals surface area (Å²) < 4.78 is 0. The molecule has 0 bridgehead atoms. The third kappa shape index (κ3) is 31.8. The van der Waals surface area contributed by atoms with Crippen molar-refractivity contribution in [3.05, 3.63) is 0 Å². The average Bonchev–Trinajstić information content (AvgIpc) is 2.54. The van der Waals surface area contributed by atoms with Crippen LogP contribution in [-0.2, 0) is 0 Å². The van der Waals surface area contributed by atoms with E-state index in [1.807, 2.05) is 0 Å². The number of rotatable bonds is 9. The summed E-state index contributed by atoms with van der Waals surface area (Å²) in [6, 6.07) is 0. The molecule has 0 atom stereocenters. The molecule has 0 radical (unpaired) electrons. The van der Waals surface area contributed by atoms with Crippen molar-refractivity contribution in [3.8, 4) is 0 Å². The Kier molecular flexibility index (Phi) is 61.1. The molecule has 0 N–H and O–H groups in total. The van der Waals surface area contributed by atoms with Crippen molar-refractivity contribution in [1.82, 2.24) is 14.7 Å². The van der Waals surface area contributed by atoms with Crippen LogP contribution in [0.25, 0.3) is 0 Å². The Bertz CT molecular complexity index is 119. The van der Waals surface area contributed by atoms with E-state index in [2.05, 4.69) is 77.0 Å². The number of hydrogen-bond donors (Lipinski definition) is 0. The van der Waals surface area contributed by atoms with Crippen LogP contribution in [0, 0.1) is 0 Å². The first-order valence-corrected chi connectivity index (χ1v) is 9.21. The molecule has 3 nitrogen and oxygen atoms in total. The summed E-state index contributed by atoms with van der Waals surface area (Å²) in [5.41, 5.74) is 0. The number of hydrogen-bond acceptors (Lipinski definition) is 3. The SMILES string of the molecule is CCN(CC)CC.CCN(CC)CC.CCN(CC)CC.I.I.I. The van der Waals surface area contributed by atoms with Crippen molar-refractivity contribution in [2.24, 2.45) is 0 Å². The average molecular weight is 687 g/mol. The van der Waals surface area contributed by atoms with Crippen LogP contribution >= 0.6 is 71.9 Å². The van der Waals surface area contributed by atoms with Gasteiger partial charge in [-0.1, -0.05) is 62.3 Å². The van der Waals surface area contributed by atoms with Gasteiger partial charge in [0.25, 0.3) is 0 Å². The molecule has 0 heterocycles. The summed E-state index contributed by atoms with van der Waals surface area (Å²) in [7, 11) is 0. The van der Waals surface area contributed by atoms with Crippen LogP contribution in [0.4, 0.5) is 0 Å². The van der Waals surface area contributed by atoms with Crippen LogP contribution in [0.3, 0.4) is 0 Å². The van der Waals surface area contributed by atoms with Gasteiger partial charge in [-0.15, -0.1) is 71.9 Å². The van der Waals surface area contributed by atoms with Gasteiger partial charge in [-0.3, -0.25) is 0 Å². The molecule has 0 aromatic carbocycles. The molecule has 0 spiro atoms. The number of halogens is 3. The maximum atomic E-state index is 2.38. The van der Waals surface area contributed by atoms with E-state index in [0.717, 1.165) is 0 Å². The summed E-state index contributed by atoms with van der Waals surface area (Å²) in [6.45, 7) is 30.4. The molecule has 0 unspecified atom stereocenters. The zero-order chi connectivity index (χ0) is 17.1. The normalized spacial score (nSPS) is 9.00. The molecule has 6 heteroatoms. The lowest BCUT2D eigenvalue weighted by molar-refractivity contribution is 0.321. The van der Waals surface area contributed by atoms with Gasteiger partial charge < -0.3 is 14.7 Å². The van der Waals surface area contributed by atoms with E-state index in [-0.39, 0.29) is 71.9 Å². The molecule has 0 saturated carbocycles. The van der Waals surface area contributed by atoms with Gasteiger partial charge in [0.05, 0.1) is 0 Å². The lowest BCUT2D eigenvalue weighted by atomic mass is 10.5. The Balaban J connectivity index is -0.0000000476. The summed E-state index contributed by atoms with van der Waals surface area (Å²) >= 11 is 0. The van der Waals surface area contributed by atoms with E-state index in [0.29, 0.717) is 0 Å². The highest BCUT2D eigenvalue weighted by molar-refractivity contribution is 14.0. The van der Waals surface area contributed by atoms with E-state index in [1.165, 1.54) is 58.9 Å². The van der Waals surface area contributed by atoms with E-state index < -0.39 is 0 Å². The maximum Gasteiger partial charge on any atom is -0.00474 e. The van der Waals surface area contributed by atoms with Gasteiger partial charge in [0.1, 0.15) is 0 Å². The van der Waals surface area contributed by atoms with E-state index in [4.69, 9.17) is 0 Å². The molecule has 0 aliphatic rings. The highest BCUT2D eigenvalue weighted by atomic mass is 127. The van der Waals surface area contributed by atoms with Crippen molar-refractivity contribution >= 4 is 71.9 Å². The van der Waals surface area contributed by atoms with E-state index in [1.54, 1.807) is 0 Å². The minimum atomic E-state index is 0. The van der Waals surface area contributed by atoms with Crippen LogP contribution in [-0.4, -0.2) is 73.6 Å². The Morgan fingerprint density at radius 3 is 0.375 bits per heavy atom. The largest absolute Gasteiger partial charge is 0.304 e. The lowest BCUT2D eigenvalue weighted by Crippen LogP contribution is -2.21. The van der Waals surface area contributed by atoms with Gasteiger partial charge in [-0.2, -0.15) is 0 Å². The minimum Gasteiger partial charge on any atom is -0.304 e. The van der Waals surface area contributed by atoms with Gasteiger partial charge in [-0.25, -0.2) is 0 Å². The summed E-state index contributed by atoms with van der Waals surface area (Å²) in [5.74, 6) is 0. The van der Waals surface area contributed by atoms with Gasteiger partial charge >= 0.3 is 0 Å². The molecule has 0 rings (SSSR count). The predicted molar refractivity (Wildman–Crippen MR) is 147 cm³/mol. The van der Waals surface area contributed by atoms with Crippen LogP contribution in [0.15, 0.2) is 0 Å². The first kappa shape index (κ1) is 40.7. The van der Waals surface area contributed by atoms with Crippen molar-refractivity contribution in [2.75, 3.05) is 58.9 Å². The van der Waals surface area contributed by atoms with Crippen LogP contribution in [0.1, 0.15) is 62.3 Å². The molecule has 0 aliphatic carbocycles. The predicted octanol–water partition coefficient (Wildman–Crippen LogP) is 5.90. The Morgan fingerprint density at radius 2 is 0.375 bits per heavy atom. The fourth-order valence-corrected chi connectivity index (χ4v) is 2.01. The zero-order valence-electron chi connectivity index (χ0n) is 17.9. The van der Waals surface area contributed by atoms with Crippen LogP contribution < -0.4 is 0 Å². The summed E-state index contributed by atoms with van der Waals surface area (Å²) in [4.78, 5) is 7.12. The molecule has 0 amide bonds. The smallest absolute Gasteiger partial charge is 0.00474 e. The fraction of sp³-hybridized carbons (Fsp3) is 1.00. The molecule has 0 aliphatic heterocycles. The second kappa shape index (κ2) is 36.1. The van der Waals surface area contributed by atoms with Crippen molar-refractivity contribution in [2.45, 2.75) is 62.3 Å². The highest BCUT2D eigenvalue weighted by Gasteiger charge is 1.90. The quantitative estimate of drug-likeness (QED) is 0.280. The van der Waals surface area contributed by atoms with Crippen molar-refractivity contribution in [3.63, 3.8) is 0 Å². The Labute approximate surface area is 206 Å². The molecular formula is C18H48I3N3. The van der Waals surface area contributed by atoms with E-state index >= 15 is 0 Å². The van der Waals surface area contributed by atoms with Crippen LogP contribution in [0.2, 0.25) is 0 Å². The first-order chi connectivity index (χ1) is 10.0. The second-order valence-corrected chi connectivity index (χ2v) is 4.86. The molecular weight excluding hydrogens is 639 g/mol. The second-order valence-electron chi connectivity index (χ2n) is 4.86. The number of nitrogens with zero attached hydrogens (tertiary/aromatic N) is 3. The van der Waals surface area contributed by atoms with Crippen molar-refractivity contribution < 1.29 is 0 Å². The van der Waals surface area contributed by atoms with Crippen LogP contribution in [0.5, 0.6) is 0 Å². The first-order valence-electron chi connectivity index (χ1n) is 9.21. The highest BCUT2D eigenvalue weighted by Crippen LogP contribution is 1.82. The molecule has 0 saturated heterocycles. The topological polar surface area (TPSA) is 9.72 Å². The fourth-order valence-electron chi connectivity index (χ4n) is 2.01. The standard InChI is InChI=1S/3C6H15N.3HI/c3*1-4-7(5-2)6-3;;;/h3*4-6H2,1-3H3;3*1H. The van der Waals surface area contributed by atoms with E-state index in [9.17, 15) is 0 Å². The van der Waals surface area contributed by atoms with Crippen molar-refractivity contribution in [1.29, 1.82) is 0 Å². The third-order valence-electron chi connectivity index (χ3n) is 4.02. The minimum absolute atomic E-state index is 0. The monoisotopic (exact) mass is 687 g/mol. The Hall–Kier alpha value is 2.07. The molecule has 0 aromatic rings. The summed E-state index contributed by atoms with van der Waals surface area (Å²) in [5, 5.41) is 0. The molecule has 156 valence electrons. The maximum absolute atomic E-state index is 2.38. The summed E-state index contributed by atoms with van der Waals surface area (Å²) in [6.07, 6.45) is 0. The van der Waals surface area contributed by atoms with Gasteiger partial charge in [0.2, 0.25) is 0 Å². The molecule has 24 heavy (non-hydrogen) atoms. The molecule has 0 fully saturated rings. The third-order valence-corrected chi connectivity index (χ3v) is 4.02.